The molecule has 0 amide bonds. The van der Waals surface area contributed by atoms with E-state index in [-0.39, 0.29) is 19.4 Å². The lowest BCUT2D eigenvalue weighted by Crippen LogP contribution is -2.44. The van der Waals surface area contributed by atoms with E-state index in [0.29, 0.717) is 12.1 Å². The summed E-state index contributed by atoms with van der Waals surface area (Å²) in [5.41, 5.74) is 2.84. The first kappa shape index (κ1) is 20.8. The minimum absolute atomic E-state index is 0.341. The van der Waals surface area contributed by atoms with E-state index >= 15 is 0 Å². The molecule has 2 aromatic carbocycles. The fourth-order valence-corrected chi connectivity index (χ4v) is 9.04. The smallest absolute Gasteiger partial charge is 0.125 e. The van der Waals surface area contributed by atoms with Crippen molar-refractivity contribution in [3.8, 4) is 0 Å². The lowest BCUT2D eigenvalue weighted by Gasteiger charge is -2.37. The van der Waals surface area contributed by atoms with E-state index in [0.717, 1.165) is 5.16 Å². The van der Waals surface area contributed by atoms with Crippen molar-refractivity contribution in [3.63, 3.8) is 0 Å². The van der Waals surface area contributed by atoms with Gasteiger partial charge < -0.3 is 9.13 Å². The van der Waals surface area contributed by atoms with Crippen molar-refractivity contribution in [1.29, 1.82) is 0 Å². The van der Waals surface area contributed by atoms with Gasteiger partial charge in [-0.25, -0.2) is 0 Å². The van der Waals surface area contributed by atoms with E-state index in [1.807, 2.05) is 0 Å². The predicted octanol–water partition coefficient (Wildman–Crippen LogP) is 4.53. The van der Waals surface area contributed by atoms with Crippen LogP contribution in [0.2, 0.25) is 5.16 Å². The van der Waals surface area contributed by atoms with Gasteiger partial charge in [0.05, 0.1) is 0 Å². The maximum atomic E-state index is 2.75. The second-order valence-electron chi connectivity index (χ2n) is 7.60. The molecule has 2 rings (SSSR count). The number of rotatable bonds is 10. The molecule has 0 saturated heterocycles. The molecule has 0 bridgehead atoms. The van der Waals surface area contributed by atoms with E-state index < -0.39 is 0 Å². The van der Waals surface area contributed by atoms with E-state index in [2.05, 4.69) is 104 Å². The van der Waals surface area contributed by atoms with Crippen molar-refractivity contribution in [2.45, 2.75) is 64.7 Å². The monoisotopic (exact) mass is 384 g/mol. The molecule has 0 fully saturated rings. The van der Waals surface area contributed by atoms with Crippen LogP contribution in [-0.2, 0) is 0 Å². The number of nitrogens with zero attached hydrogens (tertiary/aromatic N) is 2. The Morgan fingerprint density at radius 1 is 0.654 bits per heavy atom. The van der Waals surface area contributed by atoms with Gasteiger partial charge in [-0.2, -0.15) is 0 Å². The molecule has 2 unspecified atom stereocenters. The Bertz CT molecular complexity index is 565. The minimum Gasteiger partial charge on any atom is -0.401 e. The Morgan fingerprint density at radius 2 is 1.00 bits per heavy atom. The maximum absolute atomic E-state index is 2.75. The second-order valence-corrected chi connectivity index (χ2v) is 13.6. The first-order valence-corrected chi connectivity index (χ1v) is 13.1. The molecule has 0 aliphatic heterocycles. The lowest BCUT2D eigenvalue weighted by atomic mass is 10.2. The van der Waals surface area contributed by atoms with Crippen molar-refractivity contribution < 1.29 is 0 Å². The van der Waals surface area contributed by atoms with E-state index in [1.54, 1.807) is 0 Å². The third-order valence-corrected chi connectivity index (χ3v) is 11.0. The van der Waals surface area contributed by atoms with E-state index in [4.69, 9.17) is 0 Å². The second kappa shape index (κ2) is 10.6. The van der Waals surface area contributed by atoms with E-state index in [1.165, 1.54) is 24.2 Å². The Morgan fingerprint density at radius 3 is 1.31 bits per heavy atom. The normalized spacial score (nSPS) is 15.4. The summed E-state index contributed by atoms with van der Waals surface area (Å²) in [5.74, 6) is 0. The lowest BCUT2D eigenvalue weighted by molar-refractivity contribution is 0.702. The molecule has 0 heterocycles. The molecule has 2 nitrogen and oxygen atoms in total. The Kier molecular flexibility index (Phi) is 8.46. The quantitative estimate of drug-likeness (QED) is 0.555. The van der Waals surface area contributed by atoms with Gasteiger partial charge in [0.1, 0.15) is 19.4 Å². The zero-order chi connectivity index (χ0) is 18.9. The summed E-state index contributed by atoms with van der Waals surface area (Å²) >= 11 is 0. The molecular formula is C22H36N2Si2. The molecular weight excluding hydrogens is 348 g/mol. The van der Waals surface area contributed by atoms with Crippen LogP contribution in [0.5, 0.6) is 0 Å². The number of hydrogen-bond donors (Lipinski definition) is 0. The van der Waals surface area contributed by atoms with Crippen LogP contribution in [-0.4, -0.2) is 31.4 Å². The van der Waals surface area contributed by atoms with Crippen LogP contribution in [0.3, 0.4) is 0 Å². The van der Waals surface area contributed by atoms with Gasteiger partial charge in [0.25, 0.3) is 0 Å². The first-order chi connectivity index (χ1) is 12.6. The van der Waals surface area contributed by atoms with Crippen LogP contribution in [0.15, 0.2) is 60.7 Å². The van der Waals surface area contributed by atoms with Crippen molar-refractivity contribution in [2.24, 2.45) is 0 Å². The fraction of sp³-hybridized carbons (Fsp3) is 0.455. The van der Waals surface area contributed by atoms with Gasteiger partial charge >= 0.3 is 0 Å². The average Bonchev–Trinajstić information content (AvgIpc) is 2.70. The molecule has 0 aliphatic carbocycles. The van der Waals surface area contributed by atoms with Gasteiger partial charge in [-0.05, 0) is 56.1 Å². The van der Waals surface area contributed by atoms with Gasteiger partial charge in [0.15, 0.2) is 0 Å². The summed E-state index contributed by atoms with van der Waals surface area (Å²) in [6.45, 7) is 11.9. The highest BCUT2D eigenvalue weighted by Crippen LogP contribution is 2.23. The standard InChI is InChI=1S/C22H36N2Si2/c1-6-18(3)23(21-14-10-8-11-15-21)25-20(5)26-24(19(4)7-2)22-16-12-9-13-17-22/h8-20H,6-7,25-26H2,1-5H3. The molecule has 4 heteroatoms. The van der Waals surface area contributed by atoms with Crippen LogP contribution >= 0.6 is 0 Å². The summed E-state index contributed by atoms with van der Waals surface area (Å²) in [6.07, 6.45) is 2.42. The molecule has 0 saturated carbocycles. The summed E-state index contributed by atoms with van der Waals surface area (Å²) in [4.78, 5) is 0. The van der Waals surface area contributed by atoms with Gasteiger partial charge in [-0.3, -0.25) is 0 Å². The molecule has 0 spiro atoms. The average molecular weight is 385 g/mol. The highest BCUT2D eigenvalue weighted by molar-refractivity contribution is 6.63. The molecule has 26 heavy (non-hydrogen) atoms. The van der Waals surface area contributed by atoms with E-state index in [9.17, 15) is 0 Å². The topological polar surface area (TPSA) is 6.48 Å². The SMILES string of the molecule is CCC(C)N([SiH2]C(C)[SiH2]N(c1ccccc1)C(C)CC)c1ccccc1. The van der Waals surface area contributed by atoms with Gasteiger partial charge in [0, 0.05) is 23.5 Å². The Balaban J connectivity index is 2.13. The maximum Gasteiger partial charge on any atom is 0.125 e. The molecule has 0 aliphatic rings. The third kappa shape index (κ3) is 5.74. The number of anilines is 2. The predicted molar refractivity (Wildman–Crippen MR) is 124 cm³/mol. The van der Waals surface area contributed by atoms with Gasteiger partial charge in [0.2, 0.25) is 0 Å². The molecule has 2 aromatic rings. The molecule has 2 atom stereocenters. The molecule has 0 aromatic heterocycles. The summed E-state index contributed by atoms with van der Waals surface area (Å²) in [7, 11) is -0.682. The number of benzene rings is 2. The van der Waals surface area contributed by atoms with Crippen LogP contribution in [0.25, 0.3) is 0 Å². The molecule has 142 valence electrons. The minimum atomic E-state index is -0.341. The Hall–Kier alpha value is -1.53. The van der Waals surface area contributed by atoms with Gasteiger partial charge in [-0.15, -0.1) is 0 Å². The number of hydrogen-bond acceptors (Lipinski definition) is 2. The van der Waals surface area contributed by atoms with Crippen molar-refractivity contribution in [2.75, 3.05) is 9.13 Å². The highest BCUT2D eigenvalue weighted by Gasteiger charge is 2.21. The largest absolute Gasteiger partial charge is 0.401 e. The zero-order valence-electron chi connectivity index (χ0n) is 17.2. The highest BCUT2D eigenvalue weighted by atomic mass is 28.3. The van der Waals surface area contributed by atoms with Crippen LogP contribution < -0.4 is 9.13 Å². The van der Waals surface area contributed by atoms with Crippen molar-refractivity contribution in [3.05, 3.63) is 60.7 Å². The first-order valence-electron chi connectivity index (χ1n) is 10.2. The molecule has 0 radical (unpaired) electrons. The van der Waals surface area contributed by atoms with Crippen molar-refractivity contribution in [1.82, 2.24) is 0 Å². The summed E-state index contributed by atoms with van der Waals surface area (Å²) < 4.78 is 5.49. The third-order valence-electron chi connectivity index (χ3n) is 5.44. The van der Waals surface area contributed by atoms with Crippen LogP contribution in [0, 0.1) is 0 Å². The summed E-state index contributed by atoms with van der Waals surface area (Å²) in [5, 5.41) is 0.860. The Labute approximate surface area is 165 Å². The molecule has 0 N–H and O–H groups in total. The number of para-hydroxylation sites is 2. The van der Waals surface area contributed by atoms with Gasteiger partial charge in [-0.1, -0.05) is 57.2 Å². The summed E-state index contributed by atoms with van der Waals surface area (Å²) in [6, 6.07) is 23.4. The van der Waals surface area contributed by atoms with Crippen LogP contribution in [0.1, 0.15) is 47.5 Å². The zero-order valence-corrected chi connectivity index (χ0v) is 20.1. The van der Waals surface area contributed by atoms with Crippen molar-refractivity contribution >= 4 is 30.7 Å². The van der Waals surface area contributed by atoms with Crippen LogP contribution in [0.4, 0.5) is 11.4 Å². The fourth-order valence-electron chi connectivity index (χ4n) is 3.49.